The van der Waals surface area contributed by atoms with E-state index in [1.165, 1.54) is 0 Å². The molecule has 1 amide bonds. The smallest absolute Gasteiger partial charge is 0.311 e. The first-order valence-corrected chi connectivity index (χ1v) is 8.49. The fourth-order valence-corrected chi connectivity index (χ4v) is 3.00. The van der Waals surface area contributed by atoms with Crippen LogP contribution in [0.2, 0.25) is 0 Å². The summed E-state index contributed by atoms with van der Waals surface area (Å²) in [7, 11) is 0. The normalized spacial score (nSPS) is 15.2. The van der Waals surface area contributed by atoms with Gasteiger partial charge in [-0.3, -0.25) is 9.59 Å². The Morgan fingerprint density at radius 3 is 2.84 bits per heavy atom. The molecule has 1 aliphatic rings. The number of hydrogen-bond acceptors (Lipinski definition) is 4. The molecule has 128 valence electrons. The van der Waals surface area contributed by atoms with Crippen molar-refractivity contribution in [2.75, 3.05) is 0 Å². The van der Waals surface area contributed by atoms with Crippen LogP contribution in [0, 0.1) is 0 Å². The first-order valence-electron chi connectivity index (χ1n) is 8.49. The predicted octanol–water partition coefficient (Wildman–Crippen LogP) is 3.34. The van der Waals surface area contributed by atoms with E-state index in [4.69, 9.17) is 9.15 Å². The van der Waals surface area contributed by atoms with Crippen LogP contribution in [0.1, 0.15) is 25.3 Å². The number of rotatable bonds is 5. The highest BCUT2D eigenvalue weighted by Gasteiger charge is 2.27. The molecule has 4 rings (SSSR count). The molecule has 1 atom stereocenters. The van der Waals surface area contributed by atoms with E-state index in [1.54, 1.807) is 13.2 Å². The average molecular weight is 337 g/mol. The van der Waals surface area contributed by atoms with Crippen molar-refractivity contribution in [3.63, 3.8) is 0 Å². The molecule has 1 N–H and O–H groups in total. The van der Waals surface area contributed by atoms with Crippen molar-refractivity contribution >= 4 is 33.6 Å². The molecular weight excluding hydrogens is 318 g/mol. The maximum atomic E-state index is 12.3. The first-order chi connectivity index (χ1) is 12.1. The van der Waals surface area contributed by atoms with Crippen molar-refractivity contribution in [2.45, 2.75) is 38.3 Å². The topological polar surface area (TPSA) is 68.5 Å². The maximum Gasteiger partial charge on any atom is 0.311 e. The highest BCUT2D eigenvalue weighted by molar-refractivity contribution is 6.08. The zero-order valence-electron chi connectivity index (χ0n) is 14.0. The Morgan fingerprint density at radius 2 is 2.04 bits per heavy atom. The Bertz CT molecular complexity index is 955. The molecule has 1 aliphatic carbocycles. The summed E-state index contributed by atoms with van der Waals surface area (Å²) in [5.74, 6) is -0.674. The Morgan fingerprint density at radius 1 is 1.24 bits per heavy atom. The Balaban J connectivity index is 1.53. The summed E-state index contributed by atoms with van der Waals surface area (Å²) >= 11 is 0. The molecule has 1 saturated carbocycles. The van der Waals surface area contributed by atoms with Crippen molar-refractivity contribution < 1.29 is 18.7 Å². The Labute approximate surface area is 144 Å². The first kappa shape index (κ1) is 15.7. The van der Waals surface area contributed by atoms with Gasteiger partial charge in [-0.15, -0.1) is 0 Å². The lowest BCUT2D eigenvalue weighted by Crippen LogP contribution is -2.37. The van der Waals surface area contributed by atoms with E-state index in [9.17, 15) is 9.59 Å². The van der Waals surface area contributed by atoms with Crippen LogP contribution in [0.15, 0.2) is 47.1 Å². The summed E-state index contributed by atoms with van der Waals surface area (Å²) in [6, 6.07) is 12.1. The number of fused-ring (bicyclic) bond motifs is 3. The third-order valence-corrected chi connectivity index (χ3v) is 4.48. The molecule has 25 heavy (non-hydrogen) atoms. The number of ether oxygens (including phenoxy) is 1. The monoisotopic (exact) mass is 337 g/mol. The van der Waals surface area contributed by atoms with Gasteiger partial charge in [-0.2, -0.15) is 0 Å². The van der Waals surface area contributed by atoms with E-state index >= 15 is 0 Å². The van der Waals surface area contributed by atoms with Crippen LogP contribution in [0.5, 0.6) is 0 Å². The lowest BCUT2D eigenvalue weighted by Gasteiger charge is -2.13. The second kappa shape index (κ2) is 6.24. The fraction of sp³-hybridized carbons (Fsp3) is 0.300. The Hall–Kier alpha value is -2.82. The van der Waals surface area contributed by atoms with Gasteiger partial charge in [0.1, 0.15) is 5.58 Å². The molecule has 3 aromatic rings. The quantitative estimate of drug-likeness (QED) is 0.725. The van der Waals surface area contributed by atoms with Crippen molar-refractivity contribution in [1.29, 1.82) is 0 Å². The lowest BCUT2D eigenvalue weighted by atomic mass is 10.0. The van der Waals surface area contributed by atoms with E-state index in [-0.39, 0.29) is 18.4 Å². The number of nitrogens with one attached hydrogen (secondary N) is 1. The molecule has 1 aromatic heterocycles. The predicted molar refractivity (Wildman–Crippen MR) is 94.1 cm³/mol. The average Bonchev–Trinajstić information content (AvgIpc) is 3.33. The second-order valence-electron chi connectivity index (χ2n) is 6.51. The van der Waals surface area contributed by atoms with Crippen molar-refractivity contribution in [3.8, 4) is 0 Å². The summed E-state index contributed by atoms with van der Waals surface area (Å²) in [5, 5.41) is 5.88. The molecule has 5 nitrogen and oxygen atoms in total. The number of esters is 1. The van der Waals surface area contributed by atoms with Crippen molar-refractivity contribution in [3.05, 3.63) is 48.2 Å². The van der Waals surface area contributed by atoms with E-state index in [2.05, 4.69) is 5.32 Å². The number of amides is 1. The molecule has 1 heterocycles. The second-order valence-corrected chi connectivity index (χ2v) is 6.51. The minimum absolute atomic E-state index is 0.0715. The molecule has 1 fully saturated rings. The van der Waals surface area contributed by atoms with Gasteiger partial charge in [0.25, 0.3) is 5.91 Å². The van der Waals surface area contributed by atoms with Crippen LogP contribution in [0.25, 0.3) is 21.7 Å². The lowest BCUT2D eigenvalue weighted by molar-refractivity contribution is -0.154. The number of furan rings is 1. The third-order valence-electron chi connectivity index (χ3n) is 4.48. The maximum absolute atomic E-state index is 12.3. The van der Waals surface area contributed by atoms with Gasteiger partial charge < -0.3 is 14.5 Å². The molecule has 0 unspecified atom stereocenters. The van der Waals surface area contributed by atoms with Gasteiger partial charge in [-0.1, -0.05) is 30.3 Å². The van der Waals surface area contributed by atoms with E-state index in [0.29, 0.717) is 0 Å². The van der Waals surface area contributed by atoms with E-state index < -0.39 is 12.1 Å². The zero-order valence-corrected chi connectivity index (χ0v) is 14.0. The molecule has 0 radical (unpaired) electrons. The zero-order chi connectivity index (χ0) is 17.4. The minimum Gasteiger partial charge on any atom is -0.464 e. The van der Waals surface area contributed by atoms with Crippen molar-refractivity contribution in [2.24, 2.45) is 0 Å². The number of hydrogen-bond donors (Lipinski definition) is 1. The van der Waals surface area contributed by atoms with Gasteiger partial charge in [-0.05, 0) is 36.6 Å². The number of carbonyl (C=O) groups is 2. The summed E-state index contributed by atoms with van der Waals surface area (Å²) in [6.45, 7) is 1.60. The largest absolute Gasteiger partial charge is 0.464 e. The van der Waals surface area contributed by atoms with Gasteiger partial charge >= 0.3 is 5.97 Å². The fourth-order valence-electron chi connectivity index (χ4n) is 3.00. The SMILES string of the molecule is C[C@@H](OC(=O)Cc1coc2ccc3ccccc3c12)C(=O)NC1CC1. The highest BCUT2D eigenvalue weighted by atomic mass is 16.5. The van der Waals surface area contributed by atoms with E-state index in [0.717, 1.165) is 40.1 Å². The summed E-state index contributed by atoms with van der Waals surface area (Å²) in [6.07, 6.45) is 2.87. The number of carbonyl (C=O) groups excluding carboxylic acids is 2. The summed E-state index contributed by atoms with van der Waals surface area (Å²) in [4.78, 5) is 24.2. The van der Waals surface area contributed by atoms with Crippen LogP contribution < -0.4 is 5.32 Å². The Kier molecular flexibility index (Phi) is 3.92. The van der Waals surface area contributed by atoms with Gasteiger partial charge in [0, 0.05) is 17.0 Å². The third kappa shape index (κ3) is 3.22. The molecule has 0 saturated heterocycles. The van der Waals surface area contributed by atoms with Crippen LogP contribution in [-0.4, -0.2) is 24.0 Å². The molecule has 2 aromatic carbocycles. The van der Waals surface area contributed by atoms with Crippen LogP contribution in [-0.2, 0) is 20.7 Å². The standard InChI is InChI=1S/C20H19NO4/c1-12(20(23)21-15-7-8-15)25-18(22)10-14-11-24-17-9-6-13-4-2-3-5-16(13)19(14)17/h2-6,9,11-12,15H,7-8,10H2,1H3,(H,21,23)/t12-/m1/s1. The van der Waals surface area contributed by atoms with Gasteiger partial charge in [0.05, 0.1) is 12.7 Å². The van der Waals surface area contributed by atoms with Crippen LogP contribution in [0.4, 0.5) is 0 Å². The van der Waals surface area contributed by atoms with Crippen LogP contribution in [0.3, 0.4) is 0 Å². The molecular formula is C20H19NO4. The molecule has 5 heteroatoms. The minimum atomic E-state index is -0.789. The summed E-state index contributed by atoms with van der Waals surface area (Å²) < 4.78 is 10.9. The van der Waals surface area contributed by atoms with Gasteiger partial charge in [0.2, 0.25) is 0 Å². The molecule has 0 spiro atoms. The van der Waals surface area contributed by atoms with E-state index in [1.807, 2.05) is 36.4 Å². The summed E-state index contributed by atoms with van der Waals surface area (Å²) in [5.41, 5.74) is 1.51. The molecule has 0 bridgehead atoms. The number of benzene rings is 2. The highest BCUT2D eigenvalue weighted by Crippen LogP contribution is 2.30. The van der Waals surface area contributed by atoms with Crippen LogP contribution >= 0.6 is 0 Å². The molecule has 0 aliphatic heterocycles. The van der Waals surface area contributed by atoms with Gasteiger partial charge in [0.15, 0.2) is 6.10 Å². The van der Waals surface area contributed by atoms with Crippen molar-refractivity contribution in [1.82, 2.24) is 5.32 Å². The van der Waals surface area contributed by atoms with Gasteiger partial charge in [-0.25, -0.2) is 0 Å².